The number of hydrogen-bond acceptors (Lipinski definition) is 3. The molecule has 0 radical (unpaired) electrons. The number of nitrogens with two attached hydrogens (primary N) is 1. The highest BCUT2D eigenvalue weighted by molar-refractivity contribution is 5.58. The number of hydrogen-bond donors (Lipinski definition) is 1. The Labute approximate surface area is 111 Å². The van der Waals surface area contributed by atoms with Crippen molar-refractivity contribution in [1.82, 2.24) is 0 Å². The Morgan fingerprint density at radius 2 is 1.84 bits per heavy atom. The smallest absolute Gasteiger partial charge is 0.167 e. The lowest BCUT2D eigenvalue weighted by Gasteiger charge is -2.13. The zero-order valence-electron chi connectivity index (χ0n) is 10.9. The van der Waals surface area contributed by atoms with Gasteiger partial charge in [0.1, 0.15) is 5.75 Å². The molecule has 0 unspecified atom stereocenters. The van der Waals surface area contributed by atoms with Crippen LogP contribution in [-0.2, 0) is 0 Å². The van der Waals surface area contributed by atoms with Gasteiger partial charge in [0.25, 0.3) is 0 Å². The van der Waals surface area contributed by atoms with Gasteiger partial charge in [-0.3, -0.25) is 0 Å². The summed E-state index contributed by atoms with van der Waals surface area (Å²) in [5.74, 6) is 0.721. The van der Waals surface area contributed by atoms with Crippen LogP contribution in [0.15, 0.2) is 36.4 Å². The van der Waals surface area contributed by atoms with Gasteiger partial charge in [-0.25, -0.2) is 4.39 Å². The Bertz CT molecular complexity index is 584. The van der Waals surface area contributed by atoms with Crippen LogP contribution >= 0.6 is 0 Å². The minimum Gasteiger partial charge on any atom is -0.491 e. The van der Waals surface area contributed by atoms with E-state index in [-0.39, 0.29) is 11.4 Å². The zero-order valence-corrected chi connectivity index (χ0v) is 10.9. The van der Waals surface area contributed by atoms with Crippen LogP contribution in [0.2, 0.25) is 0 Å². The number of anilines is 1. The molecule has 0 aromatic heterocycles. The molecule has 19 heavy (non-hydrogen) atoms. The van der Waals surface area contributed by atoms with Crippen molar-refractivity contribution in [2.24, 2.45) is 0 Å². The van der Waals surface area contributed by atoms with E-state index in [1.165, 1.54) is 12.1 Å². The molecular weight excluding hydrogens is 245 g/mol. The highest BCUT2D eigenvalue weighted by Crippen LogP contribution is 2.34. The normalized spacial score (nSPS) is 10.3. The lowest BCUT2D eigenvalue weighted by molar-refractivity contribution is 0.319. The molecule has 0 aliphatic heterocycles. The summed E-state index contributed by atoms with van der Waals surface area (Å²) in [6, 6.07) is 10.2. The first-order chi connectivity index (χ1) is 9.11. The molecule has 0 saturated heterocycles. The Hall–Kier alpha value is -2.23. The molecule has 0 atom stereocenters. The average Bonchev–Trinajstić information content (AvgIpc) is 2.38. The van der Waals surface area contributed by atoms with Crippen molar-refractivity contribution in [3.63, 3.8) is 0 Å². The number of ether oxygens (including phenoxy) is 2. The molecule has 2 N–H and O–H groups in total. The molecule has 0 saturated carbocycles. The number of halogens is 1. The third kappa shape index (κ3) is 2.96. The fourth-order valence-corrected chi connectivity index (χ4v) is 1.69. The van der Waals surface area contributed by atoms with Gasteiger partial charge >= 0.3 is 0 Å². The maximum Gasteiger partial charge on any atom is 0.167 e. The molecule has 100 valence electrons. The average molecular weight is 261 g/mol. The van der Waals surface area contributed by atoms with Gasteiger partial charge in [0.05, 0.1) is 12.3 Å². The van der Waals surface area contributed by atoms with Crippen molar-refractivity contribution >= 4 is 5.69 Å². The molecule has 0 fully saturated rings. The van der Waals surface area contributed by atoms with Crippen LogP contribution in [0.5, 0.6) is 17.2 Å². The van der Waals surface area contributed by atoms with Crippen LogP contribution in [-0.4, -0.2) is 6.61 Å². The minimum atomic E-state index is -0.489. The Morgan fingerprint density at radius 1 is 1.11 bits per heavy atom. The maximum absolute atomic E-state index is 13.6. The largest absolute Gasteiger partial charge is 0.491 e. The summed E-state index contributed by atoms with van der Waals surface area (Å²) in [7, 11) is 0. The van der Waals surface area contributed by atoms with Crippen molar-refractivity contribution in [2.75, 3.05) is 12.3 Å². The second-order valence-corrected chi connectivity index (χ2v) is 4.12. The van der Waals surface area contributed by atoms with Gasteiger partial charge in [0, 0.05) is 12.1 Å². The van der Waals surface area contributed by atoms with Crippen LogP contribution < -0.4 is 15.2 Å². The fourth-order valence-electron chi connectivity index (χ4n) is 1.69. The van der Waals surface area contributed by atoms with E-state index >= 15 is 0 Å². The summed E-state index contributed by atoms with van der Waals surface area (Å²) < 4.78 is 24.5. The van der Waals surface area contributed by atoms with E-state index in [0.717, 1.165) is 5.56 Å². The van der Waals surface area contributed by atoms with Gasteiger partial charge in [0.15, 0.2) is 17.3 Å². The quantitative estimate of drug-likeness (QED) is 0.849. The van der Waals surface area contributed by atoms with Gasteiger partial charge in [-0.05, 0) is 25.5 Å². The Morgan fingerprint density at radius 3 is 2.53 bits per heavy atom. The molecule has 0 heterocycles. The molecule has 0 aliphatic carbocycles. The van der Waals surface area contributed by atoms with Gasteiger partial charge in [-0.2, -0.15) is 0 Å². The summed E-state index contributed by atoms with van der Waals surface area (Å²) >= 11 is 0. The zero-order chi connectivity index (χ0) is 13.8. The predicted octanol–water partition coefficient (Wildman–Crippen LogP) is 3.91. The lowest BCUT2D eigenvalue weighted by Crippen LogP contribution is -1.99. The van der Waals surface area contributed by atoms with Crippen LogP contribution in [0.3, 0.4) is 0 Å². The molecular formula is C15H16FNO2. The molecule has 3 nitrogen and oxygen atoms in total. The topological polar surface area (TPSA) is 44.5 Å². The third-order valence-corrected chi connectivity index (χ3v) is 2.68. The molecule has 2 aromatic rings. The van der Waals surface area contributed by atoms with Crippen LogP contribution in [0.25, 0.3) is 0 Å². The summed E-state index contributed by atoms with van der Waals surface area (Å²) in [5, 5.41) is 0. The molecule has 0 amide bonds. The van der Waals surface area contributed by atoms with E-state index in [1.807, 2.05) is 31.2 Å². The number of para-hydroxylation sites is 1. The first-order valence-corrected chi connectivity index (χ1v) is 6.07. The highest BCUT2D eigenvalue weighted by Gasteiger charge is 2.11. The molecule has 4 heteroatoms. The fraction of sp³-hybridized carbons (Fsp3) is 0.200. The number of rotatable bonds is 4. The SMILES string of the molecule is CCOc1cc(Oc2ccccc2C)c(N)cc1F. The van der Waals surface area contributed by atoms with E-state index in [9.17, 15) is 4.39 Å². The summed E-state index contributed by atoms with van der Waals surface area (Å²) in [4.78, 5) is 0. The second-order valence-electron chi connectivity index (χ2n) is 4.12. The minimum absolute atomic E-state index is 0.139. The van der Waals surface area contributed by atoms with Crippen molar-refractivity contribution in [3.05, 3.63) is 47.8 Å². The molecule has 2 rings (SSSR count). The van der Waals surface area contributed by atoms with Crippen LogP contribution in [0, 0.1) is 12.7 Å². The summed E-state index contributed by atoms with van der Waals surface area (Å²) in [6.45, 7) is 4.10. The monoisotopic (exact) mass is 261 g/mol. The van der Waals surface area contributed by atoms with Crippen molar-refractivity contribution in [1.29, 1.82) is 0 Å². The molecule has 2 aromatic carbocycles. The Kier molecular flexibility index (Phi) is 3.90. The van der Waals surface area contributed by atoms with E-state index < -0.39 is 5.82 Å². The first kappa shape index (κ1) is 13.2. The van der Waals surface area contributed by atoms with Crippen molar-refractivity contribution in [2.45, 2.75) is 13.8 Å². The summed E-state index contributed by atoms with van der Waals surface area (Å²) in [5.41, 5.74) is 6.98. The van der Waals surface area contributed by atoms with E-state index in [2.05, 4.69) is 0 Å². The highest BCUT2D eigenvalue weighted by atomic mass is 19.1. The predicted molar refractivity (Wildman–Crippen MR) is 73.2 cm³/mol. The number of nitrogen functional groups attached to an aromatic ring is 1. The standard InChI is InChI=1S/C15H16FNO2/c1-3-18-14-9-15(12(17)8-11(14)16)19-13-7-5-4-6-10(13)2/h4-9H,3,17H2,1-2H3. The van der Waals surface area contributed by atoms with E-state index in [1.54, 1.807) is 6.92 Å². The van der Waals surface area contributed by atoms with Gasteiger partial charge in [-0.1, -0.05) is 18.2 Å². The molecule has 0 aliphatic rings. The van der Waals surface area contributed by atoms with Gasteiger partial charge < -0.3 is 15.2 Å². The van der Waals surface area contributed by atoms with Gasteiger partial charge in [-0.15, -0.1) is 0 Å². The lowest BCUT2D eigenvalue weighted by atomic mass is 10.2. The van der Waals surface area contributed by atoms with Crippen molar-refractivity contribution < 1.29 is 13.9 Å². The van der Waals surface area contributed by atoms with Crippen LogP contribution in [0.4, 0.5) is 10.1 Å². The van der Waals surface area contributed by atoms with E-state index in [4.69, 9.17) is 15.2 Å². The van der Waals surface area contributed by atoms with Crippen LogP contribution in [0.1, 0.15) is 12.5 Å². The first-order valence-electron chi connectivity index (χ1n) is 6.07. The third-order valence-electron chi connectivity index (χ3n) is 2.68. The van der Waals surface area contributed by atoms with Gasteiger partial charge in [0.2, 0.25) is 0 Å². The molecule has 0 bridgehead atoms. The number of aryl methyl sites for hydroxylation is 1. The summed E-state index contributed by atoms with van der Waals surface area (Å²) in [6.07, 6.45) is 0. The molecule has 0 spiro atoms. The van der Waals surface area contributed by atoms with Crippen molar-refractivity contribution in [3.8, 4) is 17.2 Å². The van der Waals surface area contributed by atoms with E-state index in [0.29, 0.717) is 18.1 Å². The second kappa shape index (κ2) is 5.61. The Balaban J connectivity index is 2.34. The number of benzene rings is 2. The maximum atomic E-state index is 13.6.